The van der Waals surface area contributed by atoms with Crippen molar-refractivity contribution in [3.63, 3.8) is 0 Å². The van der Waals surface area contributed by atoms with Crippen LogP contribution < -0.4 is 5.32 Å². The van der Waals surface area contributed by atoms with Crippen LogP contribution in [0, 0.1) is 0 Å². The number of hydrogen-bond acceptors (Lipinski definition) is 6. The fourth-order valence-corrected chi connectivity index (χ4v) is 3.17. The zero-order chi connectivity index (χ0) is 21.5. The smallest absolute Gasteiger partial charge is 0.407 e. The molecule has 0 bridgehead atoms. The number of oxazole rings is 1. The highest BCUT2D eigenvalue weighted by Gasteiger charge is 2.15. The van der Waals surface area contributed by atoms with E-state index in [0.29, 0.717) is 11.6 Å². The summed E-state index contributed by atoms with van der Waals surface area (Å²) >= 11 is 6.38. The van der Waals surface area contributed by atoms with Gasteiger partial charge >= 0.3 is 12.1 Å². The third-order valence-corrected chi connectivity index (χ3v) is 4.46. The molecule has 0 saturated heterocycles. The Labute approximate surface area is 177 Å². The maximum atomic E-state index is 12.3. The maximum Gasteiger partial charge on any atom is 0.407 e. The van der Waals surface area contributed by atoms with Crippen molar-refractivity contribution in [3.05, 3.63) is 71.6 Å². The van der Waals surface area contributed by atoms with Crippen LogP contribution in [0.4, 0.5) is 4.79 Å². The average Bonchev–Trinajstić information content (AvgIpc) is 3.35. The van der Waals surface area contributed by atoms with Crippen LogP contribution in [0.2, 0.25) is 5.02 Å². The van der Waals surface area contributed by atoms with Gasteiger partial charge in [-0.05, 0) is 12.1 Å². The first-order valence-electron chi connectivity index (χ1n) is 9.01. The van der Waals surface area contributed by atoms with Gasteiger partial charge in [-0.25, -0.2) is 14.6 Å². The Hall–Kier alpha value is -3.52. The number of allylic oxidation sites excluding steroid dienone is 1. The lowest BCUT2D eigenvalue weighted by atomic mass is 10.1. The standard InChI is InChI=1S/C21H20ClN3O5/c1-3-10-25-11-15(22)19-14(6-4-7-17(19)25)12-30-20(26)16-13-29-18(24-16)8-5-9-23-21(27)28-2/h3-8,11,13H,1,9-10,12H2,2H3,(H,23,27)/b8-5-. The molecule has 0 aliphatic heterocycles. The largest absolute Gasteiger partial charge is 0.456 e. The zero-order valence-electron chi connectivity index (χ0n) is 16.3. The first-order chi connectivity index (χ1) is 14.5. The molecule has 0 aliphatic carbocycles. The number of carbonyl (C=O) groups is 2. The van der Waals surface area contributed by atoms with E-state index in [-0.39, 0.29) is 24.7 Å². The summed E-state index contributed by atoms with van der Waals surface area (Å²) in [7, 11) is 1.27. The van der Waals surface area contributed by atoms with E-state index < -0.39 is 12.1 Å². The van der Waals surface area contributed by atoms with Crippen molar-refractivity contribution in [3.8, 4) is 0 Å². The molecule has 1 N–H and O–H groups in total. The Morgan fingerprint density at radius 1 is 1.40 bits per heavy atom. The number of rotatable bonds is 8. The first-order valence-corrected chi connectivity index (χ1v) is 9.39. The highest BCUT2D eigenvalue weighted by molar-refractivity contribution is 6.35. The summed E-state index contributed by atoms with van der Waals surface area (Å²) in [6, 6.07) is 5.68. The lowest BCUT2D eigenvalue weighted by Gasteiger charge is -2.06. The molecule has 0 atom stereocenters. The molecule has 0 unspecified atom stereocenters. The van der Waals surface area contributed by atoms with Crippen LogP contribution in [0.3, 0.4) is 0 Å². The summed E-state index contributed by atoms with van der Waals surface area (Å²) in [5, 5.41) is 3.88. The fraction of sp³-hybridized carbons (Fsp3) is 0.190. The molecule has 1 amide bonds. The van der Waals surface area contributed by atoms with Gasteiger partial charge in [0.15, 0.2) is 5.69 Å². The number of benzene rings is 1. The van der Waals surface area contributed by atoms with Crippen LogP contribution in [0.15, 0.2) is 53.8 Å². The van der Waals surface area contributed by atoms with Crippen molar-refractivity contribution >= 4 is 40.6 Å². The molecule has 2 aromatic heterocycles. The lowest BCUT2D eigenvalue weighted by molar-refractivity contribution is 0.0467. The number of methoxy groups -OCH3 is 1. The summed E-state index contributed by atoms with van der Waals surface area (Å²) in [6.07, 6.45) is 7.40. The van der Waals surface area contributed by atoms with Crippen molar-refractivity contribution in [2.75, 3.05) is 13.7 Å². The first kappa shape index (κ1) is 21.2. The monoisotopic (exact) mass is 429 g/mol. The highest BCUT2D eigenvalue weighted by atomic mass is 35.5. The van der Waals surface area contributed by atoms with Gasteiger partial charge in [-0.3, -0.25) is 0 Å². The van der Waals surface area contributed by atoms with E-state index in [1.54, 1.807) is 12.2 Å². The summed E-state index contributed by atoms with van der Waals surface area (Å²) in [5.41, 5.74) is 1.76. The van der Waals surface area contributed by atoms with E-state index >= 15 is 0 Å². The second kappa shape index (κ2) is 9.80. The molecule has 30 heavy (non-hydrogen) atoms. The fourth-order valence-electron chi connectivity index (χ4n) is 2.83. The van der Waals surface area contributed by atoms with E-state index in [0.717, 1.165) is 16.5 Å². The maximum absolute atomic E-state index is 12.3. The van der Waals surface area contributed by atoms with E-state index in [2.05, 4.69) is 21.6 Å². The van der Waals surface area contributed by atoms with Crippen LogP contribution in [0.1, 0.15) is 21.9 Å². The topological polar surface area (TPSA) is 95.6 Å². The van der Waals surface area contributed by atoms with Gasteiger partial charge in [0.25, 0.3) is 0 Å². The second-order valence-corrected chi connectivity index (χ2v) is 6.56. The van der Waals surface area contributed by atoms with Gasteiger partial charge in [0.05, 0.1) is 17.6 Å². The number of esters is 1. The number of nitrogens with zero attached hydrogens (tertiary/aromatic N) is 2. The van der Waals surface area contributed by atoms with Gasteiger partial charge in [0, 0.05) is 30.2 Å². The van der Waals surface area contributed by atoms with Crippen LogP contribution >= 0.6 is 11.6 Å². The number of ether oxygens (including phenoxy) is 2. The van der Waals surface area contributed by atoms with Crippen molar-refractivity contribution in [1.82, 2.24) is 14.9 Å². The molecule has 156 valence electrons. The van der Waals surface area contributed by atoms with E-state index in [1.165, 1.54) is 19.4 Å². The molecular weight excluding hydrogens is 410 g/mol. The van der Waals surface area contributed by atoms with Crippen molar-refractivity contribution in [2.24, 2.45) is 0 Å². The number of aromatic nitrogens is 2. The van der Waals surface area contributed by atoms with Crippen LogP contribution in [0.5, 0.6) is 0 Å². The minimum absolute atomic E-state index is 0.0368. The Bertz CT molecular complexity index is 1100. The molecular formula is C21H20ClN3O5. The molecule has 0 fully saturated rings. The summed E-state index contributed by atoms with van der Waals surface area (Å²) in [4.78, 5) is 27.3. The molecule has 0 aliphatic rings. The number of fused-ring (bicyclic) bond motifs is 1. The summed E-state index contributed by atoms with van der Waals surface area (Å²) in [6.45, 7) is 4.63. The van der Waals surface area contributed by atoms with Gasteiger partial charge in [0.1, 0.15) is 12.9 Å². The average molecular weight is 430 g/mol. The highest BCUT2D eigenvalue weighted by Crippen LogP contribution is 2.29. The van der Waals surface area contributed by atoms with Crippen LogP contribution in [0.25, 0.3) is 17.0 Å². The SMILES string of the molecule is C=CCn1cc(Cl)c2c(COC(=O)c3coc(/C=C\CNC(=O)OC)n3)cccc21. The number of carbonyl (C=O) groups excluding carboxylic acids is 2. The summed E-state index contributed by atoms with van der Waals surface area (Å²) < 4.78 is 17.0. The Morgan fingerprint density at radius 3 is 3.00 bits per heavy atom. The quantitative estimate of drug-likeness (QED) is 0.426. The molecule has 2 heterocycles. The molecule has 1 aromatic carbocycles. The normalized spacial score (nSPS) is 11.0. The summed E-state index contributed by atoms with van der Waals surface area (Å²) in [5.74, 6) is -0.412. The molecule has 0 saturated carbocycles. The van der Waals surface area contributed by atoms with E-state index in [1.807, 2.05) is 29.0 Å². The van der Waals surface area contributed by atoms with Crippen molar-refractivity contribution in [2.45, 2.75) is 13.2 Å². The van der Waals surface area contributed by atoms with Gasteiger partial charge in [0.2, 0.25) is 5.89 Å². The number of nitrogens with one attached hydrogen (secondary N) is 1. The number of amides is 1. The van der Waals surface area contributed by atoms with Gasteiger partial charge in [-0.2, -0.15) is 0 Å². The van der Waals surface area contributed by atoms with E-state index in [4.69, 9.17) is 20.8 Å². The molecule has 3 rings (SSSR count). The molecule has 8 nitrogen and oxygen atoms in total. The third kappa shape index (κ3) is 4.90. The van der Waals surface area contributed by atoms with Gasteiger partial charge in [-0.15, -0.1) is 6.58 Å². The van der Waals surface area contributed by atoms with Crippen LogP contribution in [-0.4, -0.2) is 35.3 Å². The van der Waals surface area contributed by atoms with Crippen LogP contribution in [-0.2, 0) is 22.6 Å². The van der Waals surface area contributed by atoms with Crippen molar-refractivity contribution < 1.29 is 23.5 Å². The number of hydrogen-bond donors (Lipinski definition) is 1. The Morgan fingerprint density at radius 2 is 2.23 bits per heavy atom. The van der Waals surface area contributed by atoms with Crippen molar-refractivity contribution in [1.29, 1.82) is 0 Å². The number of alkyl carbamates (subject to hydrolysis) is 1. The van der Waals surface area contributed by atoms with Gasteiger partial charge < -0.3 is 23.8 Å². The minimum Gasteiger partial charge on any atom is -0.456 e. The zero-order valence-corrected chi connectivity index (χ0v) is 17.0. The third-order valence-electron chi connectivity index (χ3n) is 4.17. The molecule has 3 aromatic rings. The molecule has 9 heteroatoms. The van der Waals surface area contributed by atoms with E-state index in [9.17, 15) is 9.59 Å². The minimum atomic E-state index is -0.621. The molecule has 0 spiro atoms. The predicted molar refractivity (Wildman–Crippen MR) is 112 cm³/mol. The Balaban J connectivity index is 1.64. The second-order valence-electron chi connectivity index (χ2n) is 6.15. The van der Waals surface area contributed by atoms with Gasteiger partial charge in [-0.1, -0.05) is 35.9 Å². The predicted octanol–water partition coefficient (Wildman–Crippen LogP) is 4.19. The number of halogens is 1. The lowest BCUT2D eigenvalue weighted by Crippen LogP contribution is -2.22. The Kier molecular flexibility index (Phi) is 6.92. The molecule has 0 radical (unpaired) electrons.